The normalized spacial score (nSPS) is 16.3. The van der Waals surface area contributed by atoms with E-state index in [4.69, 9.17) is 4.98 Å². The van der Waals surface area contributed by atoms with Gasteiger partial charge in [-0.25, -0.2) is 4.98 Å². The van der Waals surface area contributed by atoms with Crippen LogP contribution in [0.3, 0.4) is 0 Å². The number of hydrogen-bond donors (Lipinski definition) is 0. The highest BCUT2D eigenvalue weighted by atomic mass is 32.1. The number of rotatable bonds is 3. The van der Waals surface area contributed by atoms with Gasteiger partial charge in [-0.2, -0.15) is 0 Å². The molecular formula is C22H17N3OS2. The number of carbonyl (C=O) groups is 1. The van der Waals surface area contributed by atoms with E-state index in [0.717, 1.165) is 27.1 Å². The summed E-state index contributed by atoms with van der Waals surface area (Å²) in [6.45, 7) is 2.00. The summed E-state index contributed by atoms with van der Waals surface area (Å²) >= 11 is 3.27. The van der Waals surface area contributed by atoms with Crippen molar-refractivity contribution in [1.82, 2.24) is 4.98 Å². The summed E-state index contributed by atoms with van der Waals surface area (Å²) in [5.74, 6) is -0.00902. The molecular weight excluding hydrogens is 386 g/mol. The molecule has 1 unspecified atom stereocenters. The van der Waals surface area contributed by atoms with Crippen molar-refractivity contribution < 1.29 is 4.79 Å². The van der Waals surface area contributed by atoms with Crippen LogP contribution in [0.5, 0.6) is 0 Å². The fraction of sp³-hybridized carbons (Fsp3) is 0.0909. The smallest absolute Gasteiger partial charge is 0.262 e. The van der Waals surface area contributed by atoms with Gasteiger partial charge in [-0.3, -0.25) is 9.69 Å². The zero-order chi connectivity index (χ0) is 19.1. The van der Waals surface area contributed by atoms with E-state index in [1.807, 2.05) is 72.5 Å². The fourth-order valence-corrected chi connectivity index (χ4v) is 5.00. The molecule has 0 aliphatic carbocycles. The molecule has 2 aromatic carbocycles. The molecule has 0 saturated heterocycles. The van der Waals surface area contributed by atoms with Crippen molar-refractivity contribution in [1.29, 1.82) is 0 Å². The molecule has 0 fully saturated rings. The zero-order valence-corrected chi connectivity index (χ0v) is 16.8. The number of hydrogen-bond acceptors (Lipinski definition) is 5. The predicted molar refractivity (Wildman–Crippen MR) is 116 cm³/mol. The Morgan fingerprint density at radius 1 is 0.893 bits per heavy atom. The van der Waals surface area contributed by atoms with E-state index in [0.29, 0.717) is 5.56 Å². The van der Waals surface area contributed by atoms with Gasteiger partial charge in [-0.15, -0.1) is 22.7 Å². The van der Waals surface area contributed by atoms with Crippen LogP contribution in [0.1, 0.15) is 27.2 Å². The Labute approximate surface area is 171 Å². The van der Waals surface area contributed by atoms with Crippen LogP contribution in [-0.2, 0) is 0 Å². The number of aromatic nitrogens is 1. The molecule has 5 rings (SSSR count). The highest BCUT2D eigenvalue weighted by molar-refractivity contribution is 7.14. The standard InChI is InChI=1S/C22H17N3OS2/c1-15-23-18(14-28-15)21-24(16-8-3-2-4-9-16)22(26)17-10-5-6-11-19(17)25(21)20-12-7-13-27-20/h2-14,21H,1H3. The lowest BCUT2D eigenvalue weighted by atomic mass is 10.0. The molecule has 0 radical (unpaired) electrons. The van der Waals surface area contributed by atoms with Crippen LogP contribution >= 0.6 is 22.7 Å². The number of fused-ring (bicyclic) bond motifs is 1. The third-order valence-electron chi connectivity index (χ3n) is 4.78. The minimum atomic E-state index is -0.339. The Morgan fingerprint density at radius 3 is 2.39 bits per heavy atom. The second-order valence-corrected chi connectivity index (χ2v) is 8.50. The minimum Gasteiger partial charge on any atom is -0.305 e. The van der Waals surface area contributed by atoms with Gasteiger partial charge in [-0.05, 0) is 48.7 Å². The molecule has 138 valence electrons. The molecule has 0 bridgehead atoms. The molecule has 28 heavy (non-hydrogen) atoms. The number of para-hydroxylation sites is 2. The van der Waals surface area contributed by atoms with Crippen LogP contribution in [0.25, 0.3) is 0 Å². The predicted octanol–water partition coefficient (Wildman–Crippen LogP) is 6.01. The second-order valence-electron chi connectivity index (χ2n) is 6.51. The lowest BCUT2D eigenvalue weighted by molar-refractivity contribution is 0.0970. The third-order valence-corrected chi connectivity index (χ3v) is 6.44. The molecule has 0 spiro atoms. The van der Waals surface area contributed by atoms with Gasteiger partial charge in [0.1, 0.15) is 0 Å². The highest BCUT2D eigenvalue weighted by Crippen LogP contribution is 2.46. The summed E-state index contributed by atoms with van der Waals surface area (Å²) in [5, 5.41) is 6.18. The first kappa shape index (κ1) is 17.2. The monoisotopic (exact) mass is 403 g/mol. The van der Waals surface area contributed by atoms with E-state index in [-0.39, 0.29) is 12.1 Å². The topological polar surface area (TPSA) is 36.4 Å². The molecule has 1 amide bonds. The van der Waals surface area contributed by atoms with Crippen molar-refractivity contribution in [2.24, 2.45) is 0 Å². The maximum Gasteiger partial charge on any atom is 0.262 e. The summed E-state index contributed by atoms with van der Waals surface area (Å²) in [6, 6.07) is 21.8. The summed E-state index contributed by atoms with van der Waals surface area (Å²) in [4.78, 5) is 22.4. The average Bonchev–Trinajstić information content (AvgIpc) is 3.40. The number of thiazole rings is 1. The Bertz CT molecular complexity index is 1120. The van der Waals surface area contributed by atoms with Crippen LogP contribution in [0.15, 0.2) is 77.5 Å². The lowest BCUT2D eigenvalue weighted by Crippen LogP contribution is -2.47. The Hall–Kier alpha value is -2.96. The van der Waals surface area contributed by atoms with E-state index >= 15 is 0 Å². The van der Waals surface area contributed by atoms with Gasteiger partial charge in [0.05, 0.1) is 27.0 Å². The second kappa shape index (κ2) is 6.89. The molecule has 2 aromatic heterocycles. The number of aryl methyl sites for hydroxylation is 1. The number of carbonyl (C=O) groups excluding carboxylic acids is 1. The van der Waals surface area contributed by atoms with Crippen molar-refractivity contribution in [3.8, 4) is 0 Å². The van der Waals surface area contributed by atoms with Crippen molar-refractivity contribution in [2.45, 2.75) is 13.1 Å². The highest BCUT2D eigenvalue weighted by Gasteiger charge is 2.41. The lowest BCUT2D eigenvalue weighted by Gasteiger charge is -2.44. The van der Waals surface area contributed by atoms with Crippen LogP contribution in [0, 0.1) is 6.92 Å². The van der Waals surface area contributed by atoms with Gasteiger partial charge in [0, 0.05) is 11.1 Å². The molecule has 0 N–H and O–H groups in total. The molecule has 4 nitrogen and oxygen atoms in total. The molecule has 1 aliphatic rings. The number of benzene rings is 2. The van der Waals surface area contributed by atoms with Crippen molar-refractivity contribution in [3.63, 3.8) is 0 Å². The molecule has 6 heteroatoms. The molecule has 4 aromatic rings. The molecule has 0 saturated carbocycles. The van der Waals surface area contributed by atoms with Gasteiger partial charge >= 0.3 is 0 Å². The number of anilines is 3. The Morgan fingerprint density at radius 2 is 1.68 bits per heavy atom. The van der Waals surface area contributed by atoms with E-state index in [9.17, 15) is 4.79 Å². The molecule has 3 heterocycles. The van der Waals surface area contributed by atoms with Gasteiger partial charge < -0.3 is 4.90 Å². The van der Waals surface area contributed by atoms with E-state index in [1.165, 1.54) is 0 Å². The summed E-state index contributed by atoms with van der Waals surface area (Å²) in [7, 11) is 0. The number of nitrogens with zero attached hydrogens (tertiary/aromatic N) is 3. The number of amides is 1. The molecule has 1 atom stereocenters. The summed E-state index contributed by atoms with van der Waals surface area (Å²) in [6.07, 6.45) is -0.339. The average molecular weight is 404 g/mol. The fourth-order valence-electron chi connectivity index (χ4n) is 3.61. The Kier molecular flexibility index (Phi) is 4.22. The largest absolute Gasteiger partial charge is 0.305 e. The first-order valence-corrected chi connectivity index (χ1v) is 10.7. The van der Waals surface area contributed by atoms with Crippen LogP contribution in [-0.4, -0.2) is 10.9 Å². The summed E-state index contributed by atoms with van der Waals surface area (Å²) < 4.78 is 0. The number of thiophene rings is 1. The van der Waals surface area contributed by atoms with Gasteiger partial charge in [0.25, 0.3) is 5.91 Å². The van der Waals surface area contributed by atoms with Gasteiger partial charge in [0.2, 0.25) is 0 Å². The van der Waals surface area contributed by atoms with Gasteiger partial charge in [0.15, 0.2) is 6.17 Å². The van der Waals surface area contributed by atoms with Crippen molar-refractivity contribution in [2.75, 3.05) is 9.80 Å². The van der Waals surface area contributed by atoms with E-state index in [2.05, 4.69) is 21.7 Å². The zero-order valence-electron chi connectivity index (χ0n) is 15.1. The van der Waals surface area contributed by atoms with Crippen LogP contribution in [0.2, 0.25) is 0 Å². The first-order valence-electron chi connectivity index (χ1n) is 8.96. The van der Waals surface area contributed by atoms with Crippen LogP contribution < -0.4 is 9.80 Å². The first-order chi connectivity index (χ1) is 13.7. The maximum absolute atomic E-state index is 13.6. The Balaban J connectivity index is 1.79. The van der Waals surface area contributed by atoms with Crippen LogP contribution in [0.4, 0.5) is 16.4 Å². The summed E-state index contributed by atoms with van der Waals surface area (Å²) in [5.41, 5.74) is 3.35. The van der Waals surface area contributed by atoms with Crippen molar-refractivity contribution in [3.05, 3.63) is 93.8 Å². The van der Waals surface area contributed by atoms with E-state index < -0.39 is 0 Å². The van der Waals surface area contributed by atoms with E-state index in [1.54, 1.807) is 22.7 Å². The van der Waals surface area contributed by atoms with Gasteiger partial charge in [-0.1, -0.05) is 30.3 Å². The molecule has 1 aliphatic heterocycles. The maximum atomic E-state index is 13.6. The SMILES string of the molecule is Cc1nc(C2N(c3ccccc3)C(=O)c3ccccc3N2c2cccs2)cs1. The third kappa shape index (κ3) is 2.73. The van der Waals surface area contributed by atoms with Crippen molar-refractivity contribution >= 4 is 45.0 Å². The quantitative estimate of drug-likeness (QED) is 0.420. The minimum absolute atomic E-state index is 0.00902.